The van der Waals surface area contributed by atoms with Gasteiger partial charge in [0, 0.05) is 51.5 Å². The number of nitrogens with one attached hydrogen (secondary N) is 1. The summed E-state index contributed by atoms with van der Waals surface area (Å²) in [5.74, 6) is 3.30. The van der Waals surface area contributed by atoms with Crippen LogP contribution in [0.4, 0.5) is 0 Å². The molecular weight excluding hydrogens is 408 g/mol. The summed E-state index contributed by atoms with van der Waals surface area (Å²) in [5, 5.41) is 13.3. The molecule has 2 unspecified atom stereocenters. The molecule has 1 aliphatic heterocycles. The van der Waals surface area contributed by atoms with Gasteiger partial charge in [0.1, 0.15) is 5.82 Å². The number of rotatable bonds is 9. The van der Waals surface area contributed by atoms with Crippen molar-refractivity contribution in [3.8, 4) is 0 Å². The second-order valence-electron chi connectivity index (χ2n) is 8.74. The van der Waals surface area contributed by atoms with Crippen molar-refractivity contribution in [1.29, 1.82) is 0 Å². The maximum atomic E-state index is 4.95. The summed E-state index contributed by atoms with van der Waals surface area (Å²) in [4.78, 5) is 11.6. The SMILES string of the molecule is CCNC(=NCCCc1nnc(SC)n1CC(C)C)N1CCC(C)C(n2ccnc2)C1. The van der Waals surface area contributed by atoms with Crippen molar-refractivity contribution < 1.29 is 0 Å². The van der Waals surface area contributed by atoms with E-state index in [2.05, 4.69) is 74.7 Å². The lowest BCUT2D eigenvalue weighted by atomic mass is 9.93. The molecule has 0 radical (unpaired) electrons. The molecule has 0 saturated carbocycles. The number of guanidine groups is 1. The molecule has 3 heterocycles. The second-order valence-corrected chi connectivity index (χ2v) is 9.51. The van der Waals surface area contributed by atoms with E-state index in [1.807, 2.05) is 12.5 Å². The number of thioether (sulfide) groups is 1. The lowest BCUT2D eigenvalue weighted by Crippen LogP contribution is -2.49. The minimum Gasteiger partial charge on any atom is -0.357 e. The zero-order valence-electron chi connectivity index (χ0n) is 19.7. The number of imidazole rings is 1. The second kappa shape index (κ2) is 11.5. The van der Waals surface area contributed by atoms with Crippen molar-refractivity contribution >= 4 is 17.7 Å². The third-order valence-electron chi connectivity index (χ3n) is 5.80. The first kappa shape index (κ1) is 23.6. The normalized spacial score (nSPS) is 19.9. The van der Waals surface area contributed by atoms with Crippen LogP contribution >= 0.6 is 11.8 Å². The first-order chi connectivity index (χ1) is 15.0. The van der Waals surface area contributed by atoms with Gasteiger partial charge in [0.05, 0.1) is 12.4 Å². The van der Waals surface area contributed by atoms with Crippen LogP contribution in [0, 0.1) is 11.8 Å². The Bertz CT molecular complexity index is 814. The zero-order chi connectivity index (χ0) is 22.2. The van der Waals surface area contributed by atoms with Crippen molar-refractivity contribution in [1.82, 2.24) is 34.5 Å². The van der Waals surface area contributed by atoms with E-state index in [0.29, 0.717) is 17.9 Å². The van der Waals surface area contributed by atoms with Crippen molar-refractivity contribution in [3.63, 3.8) is 0 Å². The predicted octanol–water partition coefficient (Wildman–Crippen LogP) is 3.33. The van der Waals surface area contributed by atoms with Gasteiger partial charge in [-0.25, -0.2) is 4.98 Å². The summed E-state index contributed by atoms with van der Waals surface area (Å²) in [6, 6.07) is 0.430. The monoisotopic (exact) mass is 446 g/mol. The van der Waals surface area contributed by atoms with Gasteiger partial charge in [0.15, 0.2) is 11.1 Å². The summed E-state index contributed by atoms with van der Waals surface area (Å²) >= 11 is 1.67. The number of likely N-dealkylation sites (tertiary alicyclic amines) is 1. The third kappa shape index (κ3) is 6.24. The number of nitrogens with zero attached hydrogens (tertiary/aromatic N) is 7. The molecule has 3 rings (SSSR count). The minimum atomic E-state index is 0.430. The van der Waals surface area contributed by atoms with Gasteiger partial charge in [-0.1, -0.05) is 32.5 Å². The Labute approximate surface area is 190 Å². The zero-order valence-corrected chi connectivity index (χ0v) is 20.5. The van der Waals surface area contributed by atoms with Crippen LogP contribution in [0.2, 0.25) is 0 Å². The number of hydrogen-bond acceptors (Lipinski definition) is 5. The van der Waals surface area contributed by atoms with Crippen LogP contribution in [-0.4, -0.2) is 67.6 Å². The third-order valence-corrected chi connectivity index (χ3v) is 6.47. The average Bonchev–Trinajstić information content (AvgIpc) is 3.41. The average molecular weight is 447 g/mol. The van der Waals surface area contributed by atoms with Crippen LogP contribution in [0.25, 0.3) is 0 Å². The van der Waals surface area contributed by atoms with Gasteiger partial charge in [0.2, 0.25) is 0 Å². The predicted molar refractivity (Wildman–Crippen MR) is 128 cm³/mol. The molecule has 8 nitrogen and oxygen atoms in total. The van der Waals surface area contributed by atoms with Crippen LogP contribution < -0.4 is 5.32 Å². The fourth-order valence-corrected chi connectivity index (χ4v) is 4.67. The van der Waals surface area contributed by atoms with Crippen LogP contribution in [0.3, 0.4) is 0 Å². The van der Waals surface area contributed by atoms with Gasteiger partial charge in [-0.15, -0.1) is 10.2 Å². The molecular formula is C22H38N8S. The van der Waals surface area contributed by atoms with E-state index in [0.717, 1.165) is 68.9 Å². The smallest absolute Gasteiger partial charge is 0.193 e. The van der Waals surface area contributed by atoms with Crippen molar-refractivity contribution in [2.24, 2.45) is 16.8 Å². The Morgan fingerprint density at radius 1 is 1.35 bits per heavy atom. The summed E-state index contributed by atoms with van der Waals surface area (Å²) in [6.07, 6.45) is 11.0. The molecule has 2 aromatic heterocycles. The molecule has 1 N–H and O–H groups in total. The molecule has 1 aliphatic rings. The van der Waals surface area contributed by atoms with Gasteiger partial charge < -0.3 is 19.4 Å². The Morgan fingerprint density at radius 3 is 2.87 bits per heavy atom. The van der Waals surface area contributed by atoms with E-state index in [-0.39, 0.29) is 0 Å². The molecule has 172 valence electrons. The largest absolute Gasteiger partial charge is 0.357 e. The maximum Gasteiger partial charge on any atom is 0.193 e. The molecule has 31 heavy (non-hydrogen) atoms. The number of piperidine rings is 1. The molecule has 0 aromatic carbocycles. The molecule has 0 aliphatic carbocycles. The molecule has 1 fully saturated rings. The van der Waals surface area contributed by atoms with Crippen LogP contribution in [0.15, 0.2) is 28.9 Å². The minimum absolute atomic E-state index is 0.430. The summed E-state index contributed by atoms with van der Waals surface area (Å²) in [7, 11) is 0. The van der Waals surface area contributed by atoms with E-state index >= 15 is 0 Å². The van der Waals surface area contributed by atoms with Gasteiger partial charge in [-0.2, -0.15) is 0 Å². The molecule has 2 atom stereocenters. The van der Waals surface area contributed by atoms with E-state index in [1.54, 1.807) is 11.8 Å². The molecule has 2 aromatic rings. The fourth-order valence-electron chi connectivity index (χ4n) is 4.15. The van der Waals surface area contributed by atoms with Crippen molar-refractivity contribution in [2.45, 2.75) is 64.7 Å². The number of aromatic nitrogens is 5. The Morgan fingerprint density at radius 2 is 2.19 bits per heavy atom. The molecule has 0 spiro atoms. The number of hydrogen-bond donors (Lipinski definition) is 1. The highest BCUT2D eigenvalue weighted by molar-refractivity contribution is 7.98. The highest BCUT2D eigenvalue weighted by Crippen LogP contribution is 2.27. The summed E-state index contributed by atoms with van der Waals surface area (Å²) in [5.41, 5.74) is 0. The van der Waals surface area contributed by atoms with Crippen LogP contribution in [0.1, 0.15) is 52.4 Å². The highest BCUT2D eigenvalue weighted by Gasteiger charge is 2.28. The fraction of sp³-hybridized carbons (Fsp3) is 0.727. The Kier molecular flexibility index (Phi) is 8.80. The van der Waals surface area contributed by atoms with Gasteiger partial charge in [-0.05, 0) is 37.9 Å². The first-order valence-corrected chi connectivity index (χ1v) is 12.7. The van der Waals surface area contributed by atoms with Gasteiger partial charge in [-0.3, -0.25) is 4.99 Å². The van der Waals surface area contributed by atoms with Crippen LogP contribution in [0.5, 0.6) is 0 Å². The van der Waals surface area contributed by atoms with E-state index in [1.165, 1.54) is 0 Å². The lowest BCUT2D eigenvalue weighted by molar-refractivity contribution is 0.189. The quantitative estimate of drug-likeness (QED) is 0.276. The topological polar surface area (TPSA) is 76.2 Å². The maximum absolute atomic E-state index is 4.95. The molecule has 0 amide bonds. The lowest BCUT2D eigenvalue weighted by Gasteiger charge is -2.39. The Hall–Kier alpha value is -2.03. The number of aryl methyl sites for hydroxylation is 1. The van der Waals surface area contributed by atoms with E-state index in [4.69, 9.17) is 4.99 Å². The standard InChI is InChI=1S/C22H38N8S/c1-6-24-21(28-12-9-18(4)19(15-28)29-13-11-23-16-29)25-10-7-8-20-26-27-22(31-5)30(20)14-17(2)3/h11,13,16-19H,6-10,12,14-15H2,1-5H3,(H,24,25). The molecule has 0 bridgehead atoms. The van der Waals surface area contributed by atoms with E-state index in [9.17, 15) is 0 Å². The first-order valence-electron chi connectivity index (χ1n) is 11.5. The molecule has 9 heteroatoms. The van der Waals surface area contributed by atoms with Crippen molar-refractivity contribution in [2.75, 3.05) is 32.4 Å². The summed E-state index contributed by atoms with van der Waals surface area (Å²) in [6.45, 7) is 13.6. The molecule has 1 saturated heterocycles. The van der Waals surface area contributed by atoms with Crippen LogP contribution in [-0.2, 0) is 13.0 Å². The Balaban J connectivity index is 1.61. The summed E-state index contributed by atoms with van der Waals surface area (Å²) < 4.78 is 4.51. The highest BCUT2D eigenvalue weighted by atomic mass is 32.2. The van der Waals surface area contributed by atoms with E-state index < -0.39 is 0 Å². The van der Waals surface area contributed by atoms with Crippen molar-refractivity contribution in [3.05, 3.63) is 24.5 Å². The van der Waals surface area contributed by atoms with Gasteiger partial charge >= 0.3 is 0 Å². The number of aliphatic imine (C=N–C) groups is 1. The van der Waals surface area contributed by atoms with Gasteiger partial charge in [0.25, 0.3) is 0 Å².